The monoisotopic (exact) mass is 227 g/mol. The molecule has 0 atom stereocenters. The molecule has 15 heavy (non-hydrogen) atoms. The van der Waals surface area contributed by atoms with E-state index in [4.69, 9.17) is 5.73 Å². The molecule has 1 aromatic carbocycles. The number of benzene rings is 1. The first-order valence-corrected chi connectivity index (χ1v) is 6.34. The van der Waals surface area contributed by atoms with Crippen LogP contribution in [0.1, 0.15) is 25.0 Å². The van der Waals surface area contributed by atoms with E-state index >= 15 is 0 Å². The zero-order valence-corrected chi connectivity index (χ0v) is 10.1. The Kier molecular flexibility index (Phi) is 5.12. The van der Waals surface area contributed by atoms with Gasteiger partial charge in [-0.1, -0.05) is 26.0 Å². The lowest BCUT2D eigenvalue weighted by Crippen LogP contribution is -1.99. The van der Waals surface area contributed by atoms with Crippen LogP contribution in [0.2, 0.25) is 0 Å². The van der Waals surface area contributed by atoms with Gasteiger partial charge in [-0.3, -0.25) is 0 Å². The molecule has 1 aromatic rings. The lowest BCUT2D eigenvalue weighted by atomic mass is 10.1. The van der Waals surface area contributed by atoms with Crippen molar-refractivity contribution in [3.63, 3.8) is 0 Å². The molecule has 0 radical (unpaired) electrons. The highest BCUT2D eigenvalue weighted by Gasteiger charge is 2.03. The molecule has 84 valence electrons. The highest BCUT2D eigenvalue weighted by Crippen LogP contribution is 2.18. The van der Waals surface area contributed by atoms with Crippen LogP contribution >= 0.6 is 11.8 Å². The molecule has 0 aliphatic rings. The zero-order valence-electron chi connectivity index (χ0n) is 9.29. The second-order valence-electron chi connectivity index (χ2n) is 4.04. The number of nitrogens with two attached hydrogens (primary N) is 1. The summed E-state index contributed by atoms with van der Waals surface area (Å²) in [5.74, 6) is 2.34. The molecule has 0 aliphatic carbocycles. The van der Waals surface area contributed by atoms with E-state index in [-0.39, 0.29) is 5.82 Å². The maximum atomic E-state index is 13.5. The molecule has 1 nitrogen and oxygen atoms in total. The molecule has 0 saturated heterocycles. The molecule has 0 heterocycles. The molecule has 3 heteroatoms. The van der Waals surface area contributed by atoms with Gasteiger partial charge in [0.1, 0.15) is 5.82 Å². The van der Waals surface area contributed by atoms with Crippen LogP contribution in [0, 0.1) is 11.7 Å². The van der Waals surface area contributed by atoms with Crippen molar-refractivity contribution in [3.05, 3.63) is 35.1 Å². The SMILES string of the molecule is CC(C)CSCc1ccc(CN)cc1F. The van der Waals surface area contributed by atoms with E-state index in [9.17, 15) is 4.39 Å². The van der Waals surface area contributed by atoms with Crippen molar-refractivity contribution in [1.82, 2.24) is 0 Å². The third-order valence-electron chi connectivity index (χ3n) is 2.06. The van der Waals surface area contributed by atoms with Crippen LogP contribution in [0.5, 0.6) is 0 Å². The highest BCUT2D eigenvalue weighted by molar-refractivity contribution is 7.98. The molecule has 0 spiro atoms. The summed E-state index contributed by atoms with van der Waals surface area (Å²) in [6, 6.07) is 5.27. The quantitative estimate of drug-likeness (QED) is 0.836. The molecule has 1 rings (SSSR count). The van der Waals surface area contributed by atoms with Crippen LogP contribution in [0.15, 0.2) is 18.2 Å². The molecular weight excluding hydrogens is 209 g/mol. The van der Waals surface area contributed by atoms with Gasteiger partial charge in [0.15, 0.2) is 0 Å². The Bertz CT molecular complexity index is 312. The van der Waals surface area contributed by atoms with E-state index in [0.29, 0.717) is 12.5 Å². The van der Waals surface area contributed by atoms with Crippen molar-refractivity contribution in [2.75, 3.05) is 5.75 Å². The van der Waals surface area contributed by atoms with Crippen LogP contribution in [-0.4, -0.2) is 5.75 Å². The summed E-state index contributed by atoms with van der Waals surface area (Å²) in [6.07, 6.45) is 0. The third kappa shape index (κ3) is 4.22. The summed E-state index contributed by atoms with van der Waals surface area (Å²) < 4.78 is 13.5. The summed E-state index contributed by atoms with van der Waals surface area (Å²) in [4.78, 5) is 0. The summed E-state index contributed by atoms with van der Waals surface area (Å²) in [6.45, 7) is 4.73. The van der Waals surface area contributed by atoms with Gasteiger partial charge in [0.25, 0.3) is 0 Å². The Morgan fingerprint density at radius 1 is 1.40 bits per heavy atom. The summed E-state index contributed by atoms with van der Waals surface area (Å²) in [5.41, 5.74) is 7.06. The van der Waals surface area contributed by atoms with Gasteiger partial charge in [-0.05, 0) is 28.9 Å². The lowest BCUT2D eigenvalue weighted by Gasteiger charge is -2.06. The number of hydrogen-bond acceptors (Lipinski definition) is 2. The summed E-state index contributed by atoms with van der Waals surface area (Å²) in [7, 11) is 0. The van der Waals surface area contributed by atoms with Gasteiger partial charge in [-0.15, -0.1) is 0 Å². The van der Waals surface area contributed by atoms with Gasteiger partial charge in [0.2, 0.25) is 0 Å². The number of thioether (sulfide) groups is 1. The predicted octanol–water partition coefficient (Wildman–Crippen LogP) is 3.17. The molecular formula is C12H18FNS. The Balaban J connectivity index is 2.54. The van der Waals surface area contributed by atoms with Gasteiger partial charge >= 0.3 is 0 Å². The number of hydrogen-bond donors (Lipinski definition) is 1. The smallest absolute Gasteiger partial charge is 0.127 e. The van der Waals surface area contributed by atoms with Crippen molar-refractivity contribution >= 4 is 11.8 Å². The van der Waals surface area contributed by atoms with Crippen molar-refractivity contribution in [2.24, 2.45) is 11.7 Å². The third-order valence-corrected chi connectivity index (χ3v) is 3.48. The van der Waals surface area contributed by atoms with Gasteiger partial charge in [0, 0.05) is 12.3 Å². The fraction of sp³-hybridized carbons (Fsp3) is 0.500. The van der Waals surface area contributed by atoms with Gasteiger partial charge in [-0.2, -0.15) is 11.8 Å². The Hall–Kier alpha value is -0.540. The van der Waals surface area contributed by atoms with E-state index in [1.54, 1.807) is 11.8 Å². The molecule has 2 N–H and O–H groups in total. The van der Waals surface area contributed by atoms with Crippen LogP contribution < -0.4 is 5.73 Å². The summed E-state index contributed by atoms with van der Waals surface area (Å²) in [5, 5.41) is 0. The Labute approximate surface area is 95.2 Å². The van der Waals surface area contributed by atoms with E-state index in [1.807, 2.05) is 12.1 Å². The fourth-order valence-corrected chi connectivity index (χ4v) is 2.28. The lowest BCUT2D eigenvalue weighted by molar-refractivity contribution is 0.615. The van der Waals surface area contributed by atoms with E-state index in [1.165, 1.54) is 6.07 Å². The largest absolute Gasteiger partial charge is 0.326 e. The average Bonchev–Trinajstić information content (AvgIpc) is 2.20. The van der Waals surface area contributed by atoms with Crippen LogP contribution in [0.4, 0.5) is 4.39 Å². The number of halogens is 1. The first kappa shape index (κ1) is 12.5. The van der Waals surface area contributed by atoms with Crippen molar-refractivity contribution in [3.8, 4) is 0 Å². The van der Waals surface area contributed by atoms with Crippen molar-refractivity contribution in [2.45, 2.75) is 26.1 Å². The topological polar surface area (TPSA) is 26.0 Å². The minimum absolute atomic E-state index is 0.130. The molecule has 0 aromatic heterocycles. The standard InChI is InChI=1S/C12H18FNS/c1-9(2)7-15-8-11-4-3-10(6-14)5-12(11)13/h3-5,9H,6-8,14H2,1-2H3. The van der Waals surface area contributed by atoms with E-state index < -0.39 is 0 Å². The maximum Gasteiger partial charge on any atom is 0.127 e. The maximum absolute atomic E-state index is 13.5. The van der Waals surface area contributed by atoms with Crippen LogP contribution in [-0.2, 0) is 12.3 Å². The molecule has 0 bridgehead atoms. The van der Waals surface area contributed by atoms with Crippen LogP contribution in [0.25, 0.3) is 0 Å². The van der Waals surface area contributed by atoms with Crippen molar-refractivity contribution < 1.29 is 4.39 Å². The summed E-state index contributed by atoms with van der Waals surface area (Å²) >= 11 is 1.77. The van der Waals surface area contributed by atoms with Crippen LogP contribution in [0.3, 0.4) is 0 Å². The molecule has 0 aliphatic heterocycles. The molecule has 0 fully saturated rings. The highest BCUT2D eigenvalue weighted by atomic mass is 32.2. The van der Waals surface area contributed by atoms with Gasteiger partial charge < -0.3 is 5.73 Å². The van der Waals surface area contributed by atoms with E-state index in [2.05, 4.69) is 13.8 Å². The van der Waals surface area contributed by atoms with Gasteiger partial charge in [0.05, 0.1) is 0 Å². The average molecular weight is 227 g/mol. The number of rotatable bonds is 5. The van der Waals surface area contributed by atoms with Gasteiger partial charge in [-0.25, -0.2) is 4.39 Å². The molecule has 0 saturated carbocycles. The fourth-order valence-electron chi connectivity index (χ4n) is 1.24. The molecule has 0 amide bonds. The molecule has 0 unspecified atom stereocenters. The predicted molar refractivity (Wildman–Crippen MR) is 65.3 cm³/mol. The minimum atomic E-state index is -0.130. The normalized spacial score (nSPS) is 11.0. The van der Waals surface area contributed by atoms with Crippen molar-refractivity contribution in [1.29, 1.82) is 0 Å². The second-order valence-corrected chi connectivity index (χ2v) is 5.07. The first-order valence-electron chi connectivity index (χ1n) is 5.18. The Morgan fingerprint density at radius 3 is 2.67 bits per heavy atom. The second kappa shape index (κ2) is 6.13. The van der Waals surface area contributed by atoms with E-state index in [0.717, 1.165) is 22.6 Å². The zero-order chi connectivity index (χ0) is 11.3. The Morgan fingerprint density at radius 2 is 2.13 bits per heavy atom. The first-order chi connectivity index (χ1) is 7.13. The minimum Gasteiger partial charge on any atom is -0.326 e.